The van der Waals surface area contributed by atoms with Crippen molar-refractivity contribution in [1.29, 1.82) is 0 Å². The first-order valence-electron chi connectivity index (χ1n) is 11.0. The highest BCUT2D eigenvalue weighted by Gasteiger charge is 2.45. The number of imidazole rings is 1. The van der Waals surface area contributed by atoms with E-state index in [1.807, 2.05) is 0 Å². The van der Waals surface area contributed by atoms with Crippen molar-refractivity contribution in [2.24, 2.45) is 10.7 Å². The molecule has 0 radical (unpaired) electrons. The third-order valence-corrected chi connectivity index (χ3v) is 8.92. The average molecular weight is 792 g/mol. The van der Waals surface area contributed by atoms with Crippen molar-refractivity contribution < 1.29 is 14.4 Å². The van der Waals surface area contributed by atoms with E-state index in [2.05, 4.69) is 105 Å². The van der Waals surface area contributed by atoms with E-state index in [0.717, 1.165) is 4.47 Å². The smallest absolute Gasteiger partial charge is 0.268 e. The Labute approximate surface area is 254 Å². The molecule has 0 bridgehead atoms. The second kappa shape index (κ2) is 11.9. The molecule has 4 rings (SSSR count). The van der Waals surface area contributed by atoms with Gasteiger partial charge in [-0.3, -0.25) is 19.7 Å². The first-order valence-corrected chi connectivity index (χ1v) is 14.2. The minimum Gasteiger partial charge on any atom is -0.370 e. The molecule has 39 heavy (non-hydrogen) atoms. The number of H-pyrrole nitrogens is 3. The third-order valence-electron chi connectivity index (χ3n) is 5.35. The maximum absolute atomic E-state index is 13.0. The molecule has 3 aromatic rings. The number of carbonyl (C=O) groups is 3. The Balaban J connectivity index is 1.49. The Morgan fingerprint density at radius 2 is 1.49 bits per heavy atom. The number of nitrogen functional groups attached to an aromatic ring is 1. The number of aromatic nitrogens is 4. The van der Waals surface area contributed by atoms with Crippen LogP contribution >= 0.6 is 63.7 Å². The van der Waals surface area contributed by atoms with Gasteiger partial charge in [-0.25, -0.2) is 9.98 Å². The van der Waals surface area contributed by atoms with Crippen LogP contribution in [0.2, 0.25) is 0 Å². The summed E-state index contributed by atoms with van der Waals surface area (Å²) in [7, 11) is 0. The van der Waals surface area contributed by atoms with Crippen LogP contribution in [0.1, 0.15) is 32.4 Å². The Bertz CT molecular complexity index is 1500. The first-order chi connectivity index (χ1) is 18.5. The highest BCUT2D eigenvalue weighted by atomic mass is 79.9. The fraction of sp³-hybridized carbons (Fsp3) is 0.136. The third kappa shape index (κ3) is 6.37. The minimum atomic E-state index is -1.61. The van der Waals surface area contributed by atoms with E-state index in [9.17, 15) is 14.4 Å². The molecule has 0 saturated heterocycles. The number of amides is 3. The fourth-order valence-corrected chi connectivity index (χ4v) is 4.92. The van der Waals surface area contributed by atoms with Gasteiger partial charge in [-0.15, -0.1) is 0 Å². The predicted octanol–water partition coefficient (Wildman–Crippen LogP) is 2.77. The van der Waals surface area contributed by atoms with Crippen molar-refractivity contribution in [2.75, 3.05) is 18.8 Å². The number of hydrogen-bond acceptors (Lipinski definition) is 7. The molecule has 0 saturated carbocycles. The van der Waals surface area contributed by atoms with Crippen LogP contribution in [-0.4, -0.2) is 56.7 Å². The van der Waals surface area contributed by atoms with Crippen LogP contribution in [-0.2, 0) is 10.3 Å². The van der Waals surface area contributed by atoms with Crippen molar-refractivity contribution in [3.63, 3.8) is 0 Å². The molecule has 10 N–H and O–H groups in total. The molecule has 0 aromatic carbocycles. The number of carbonyl (C=O) groups excluding carboxylic acids is 3. The van der Waals surface area contributed by atoms with Gasteiger partial charge in [0.1, 0.15) is 11.4 Å². The lowest BCUT2D eigenvalue weighted by Crippen LogP contribution is -2.38. The second-order valence-electron chi connectivity index (χ2n) is 8.01. The lowest BCUT2D eigenvalue weighted by Gasteiger charge is -2.18. The van der Waals surface area contributed by atoms with E-state index in [1.165, 1.54) is 6.08 Å². The minimum absolute atomic E-state index is 0.0484. The number of rotatable bonds is 9. The Morgan fingerprint density at radius 1 is 0.923 bits per heavy atom. The lowest BCUT2D eigenvalue weighted by molar-refractivity contribution is -0.122. The van der Waals surface area contributed by atoms with Gasteiger partial charge in [0.25, 0.3) is 17.7 Å². The lowest BCUT2D eigenvalue weighted by atomic mass is 9.93. The SMILES string of the molecule is NC1=N[C@@](/C=C/CNC(=O)c2cc(Br)c(Br)[nH]2)(c2[nH]c(N)nc2/C=C/CNC(=O)c2cc(Br)c(Br)[nH]2)C(=O)N1. The van der Waals surface area contributed by atoms with Gasteiger partial charge in [-0.2, -0.15) is 0 Å². The summed E-state index contributed by atoms with van der Waals surface area (Å²) >= 11 is 13.2. The number of guanidine groups is 1. The monoisotopic (exact) mass is 788 g/mol. The van der Waals surface area contributed by atoms with Crippen LogP contribution in [0, 0.1) is 0 Å². The molecule has 204 valence electrons. The summed E-state index contributed by atoms with van der Waals surface area (Å²) in [6.45, 7) is 0.250. The molecular weight excluding hydrogens is 772 g/mol. The van der Waals surface area contributed by atoms with E-state index in [0.29, 0.717) is 30.8 Å². The molecule has 0 aliphatic carbocycles. The maximum atomic E-state index is 13.0. The molecule has 4 heterocycles. The molecule has 17 heteroatoms. The standard InChI is InChI=1S/C22H20Br4N10O3/c23-9-7-12(31-15(9)25)17(37)29-5-1-3-11-14(34-20(27)33-11)22(19(39)35-21(28)36-22)4-2-6-30-18(38)13-8-10(24)16(26)32-13/h1-4,7-8,31-32H,5-6H2,(H,29,37)(H,30,38)(H3,27,33,34)(H3,28,35,36,39)/b3-1+,4-2+/t22-/m0/s1. The van der Waals surface area contributed by atoms with Gasteiger partial charge in [-0.1, -0.05) is 12.2 Å². The zero-order valence-electron chi connectivity index (χ0n) is 19.7. The number of hydrogen-bond donors (Lipinski definition) is 8. The van der Waals surface area contributed by atoms with Crippen molar-refractivity contribution in [3.8, 4) is 0 Å². The maximum Gasteiger partial charge on any atom is 0.268 e. The molecule has 13 nitrogen and oxygen atoms in total. The molecule has 0 fully saturated rings. The number of aliphatic imine (C=N–C) groups is 1. The van der Waals surface area contributed by atoms with Crippen molar-refractivity contribution in [1.82, 2.24) is 35.9 Å². The van der Waals surface area contributed by atoms with Crippen molar-refractivity contribution in [3.05, 3.63) is 71.3 Å². The zero-order chi connectivity index (χ0) is 28.3. The molecule has 1 atom stereocenters. The Morgan fingerprint density at radius 3 is 1.97 bits per heavy atom. The quantitative estimate of drug-likeness (QED) is 0.153. The summed E-state index contributed by atoms with van der Waals surface area (Å²) in [5, 5.41) is 7.96. The fourth-order valence-electron chi connectivity index (χ4n) is 3.61. The number of anilines is 1. The molecule has 1 aliphatic rings. The van der Waals surface area contributed by atoms with Crippen LogP contribution in [0.25, 0.3) is 6.08 Å². The van der Waals surface area contributed by atoms with Gasteiger partial charge >= 0.3 is 0 Å². The van der Waals surface area contributed by atoms with E-state index in [1.54, 1.807) is 30.4 Å². The summed E-state index contributed by atoms with van der Waals surface area (Å²) in [6.07, 6.45) is 6.31. The van der Waals surface area contributed by atoms with Gasteiger partial charge in [0, 0.05) is 13.1 Å². The van der Waals surface area contributed by atoms with E-state index < -0.39 is 11.4 Å². The summed E-state index contributed by atoms with van der Waals surface area (Å²) in [4.78, 5) is 55.0. The number of nitrogens with two attached hydrogens (primary N) is 2. The van der Waals surface area contributed by atoms with Gasteiger partial charge < -0.3 is 37.1 Å². The van der Waals surface area contributed by atoms with Gasteiger partial charge in [0.05, 0.1) is 29.5 Å². The van der Waals surface area contributed by atoms with Crippen LogP contribution in [0.5, 0.6) is 0 Å². The van der Waals surface area contributed by atoms with E-state index in [4.69, 9.17) is 11.5 Å². The molecule has 0 spiro atoms. The summed E-state index contributed by atoms with van der Waals surface area (Å²) in [6, 6.07) is 3.27. The normalized spacial score (nSPS) is 17.1. The van der Waals surface area contributed by atoms with Crippen LogP contribution in [0.15, 0.2) is 53.5 Å². The number of halogens is 4. The predicted molar refractivity (Wildman–Crippen MR) is 160 cm³/mol. The van der Waals surface area contributed by atoms with Gasteiger partial charge in [0.15, 0.2) is 11.9 Å². The van der Waals surface area contributed by atoms with E-state index in [-0.39, 0.29) is 42.5 Å². The first kappa shape index (κ1) is 28.8. The van der Waals surface area contributed by atoms with E-state index >= 15 is 0 Å². The molecule has 0 unspecified atom stereocenters. The highest BCUT2D eigenvalue weighted by Crippen LogP contribution is 2.33. The zero-order valence-corrected chi connectivity index (χ0v) is 26.0. The largest absolute Gasteiger partial charge is 0.370 e. The average Bonchev–Trinajstić information content (AvgIpc) is 3.60. The molecule has 3 amide bonds. The summed E-state index contributed by atoms with van der Waals surface area (Å²) < 4.78 is 2.71. The van der Waals surface area contributed by atoms with Crippen molar-refractivity contribution in [2.45, 2.75) is 5.54 Å². The number of nitrogens with zero attached hydrogens (tertiary/aromatic N) is 2. The second-order valence-corrected chi connectivity index (χ2v) is 11.3. The van der Waals surface area contributed by atoms with Crippen LogP contribution < -0.4 is 27.4 Å². The molecule has 3 aromatic heterocycles. The summed E-state index contributed by atoms with van der Waals surface area (Å²) in [5.41, 5.74) is 11.4. The molecule has 1 aliphatic heterocycles. The van der Waals surface area contributed by atoms with Gasteiger partial charge in [-0.05, 0) is 88.0 Å². The number of aromatic amines is 3. The van der Waals surface area contributed by atoms with Crippen molar-refractivity contribution >= 4 is 99.4 Å². The summed E-state index contributed by atoms with van der Waals surface area (Å²) in [5.74, 6) is -1.25. The number of nitrogens with one attached hydrogen (secondary N) is 6. The Hall–Kier alpha value is -3.15. The Kier molecular flexibility index (Phi) is 8.83. The van der Waals surface area contributed by atoms with Gasteiger partial charge in [0.2, 0.25) is 5.54 Å². The van der Waals surface area contributed by atoms with Crippen LogP contribution in [0.3, 0.4) is 0 Å². The van der Waals surface area contributed by atoms with Crippen LogP contribution in [0.4, 0.5) is 5.95 Å². The molecular formula is C22H20Br4N10O3. The highest BCUT2D eigenvalue weighted by molar-refractivity contribution is 9.13. The topological polar surface area (TPSA) is 212 Å².